The third-order valence-corrected chi connectivity index (χ3v) is 3.82. The van der Waals surface area contributed by atoms with Crippen LogP contribution in [-0.4, -0.2) is 29.4 Å². The number of hydrogen-bond donors (Lipinski definition) is 1. The fourth-order valence-electron chi connectivity index (χ4n) is 1.15. The summed E-state index contributed by atoms with van der Waals surface area (Å²) in [6.07, 6.45) is 0.246. The number of para-hydroxylation sites is 1. The van der Waals surface area contributed by atoms with Crippen LogP contribution in [0.3, 0.4) is 0 Å². The molecule has 0 fully saturated rings. The van der Waals surface area contributed by atoms with Gasteiger partial charge in [-0.05, 0) is 18.2 Å². The maximum Gasteiger partial charge on any atom is 0.282 e. The van der Waals surface area contributed by atoms with Gasteiger partial charge in [0.15, 0.2) is 0 Å². The first kappa shape index (κ1) is 13.9. The normalized spacial score (nSPS) is 11.4. The largest absolute Gasteiger partial charge is 0.286 e. The summed E-state index contributed by atoms with van der Waals surface area (Å²) in [5.74, 6) is 0.0608. The molecule has 0 radical (unpaired) electrons. The van der Waals surface area contributed by atoms with Crippen LogP contribution in [0.15, 0.2) is 29.2 Å². The second-order valence-electron chi connectivity index (χ2n) is 3.21. The SMILES string of the molecule is O=[N+]([O-])c1ccccc1SCCCS(=O)(=O)O. The van der Waals surface area contributed by atoms with E-state index in [1.807, 2.05) is 0 Å². The van der Waals surface area contributed by atoms with Gasteiger partial charge >= 0.3 is 0 Å². The third-order valence-electron chi connectivity index (χ3n) is 1.87. The van der Waals surface area contributed by atoms with Crippen molar-refractivity contribution in [1.29, 1.82) is 0 Å². The molecule has 0 spiro atoms. The Kier molecular flexibility index (Phi) is 4.91. The molecule has 0 aliphatic carbocycles. The Morgan fingerprint density at radius 1 is 1.35 bits per heavy atom. The van der Waals surface area contributed by atoms with Gasteiger partial charge in [0, 0.05) is 6.07 Å². The lowest BCUT2D eigenvalue weighted by molar-refractivity contribution is -0.387. The predicted molar refractivity (Wildman–Crippen MR) is 64.9 cm³/mol. The smallest absolute Gasteiger partial charge is 0.282 e. The predicted octanol–water partition coefficient (Wildman–Crippen LogP) is 1.96. The van der Waals surface area contributed by atoms with E-state index in [9.17, 15) is 18.5 Å². The molecule has 1 aromatic carbocycles. The Morgan fingerprint density at radius 3 is 2.59 bits per heavy atom. The number of nitrogens with zero attached hydrogens (tertiary/aromatic N) is 1. The Balaban J connectivity index is 2.55. The van der Waals surface area contributed by atoms with Crippen LogP contribution in [0.5, 0.6) is 0 Å². The molecule has 17 heavy (non-hydrogen) atoms. The monoisotopic (exact) mass is 277 g/mol. The van der Waals surface area contributed by atoms with Crippen molar-refractivity contribution >= 4 is 27.6 Å². The van der Waals surface area contributed by atoms with Crippen LogP contribution >= 0.6 is 11.8 Å². The minimum absolute atomic E-state index is 0.00403. The maximum atomic E-state index is 10.7. The highest BCUT2D eigenvalue weighted by molar-refractivity contribution is 7.99. The molecule has 0 saturated heterocycles. The van der Waals surface area contributed by atoms with E-state index in [2.05, 4.69) is 0 Å². The molecule has 0 saturated carbocycles. The summed E-state index contributed by atoms with van der Waals surface area (Å²) in [6.45, 7) is 0. The van der Waals surface area contributed by atoms with E-state index in [4.69, 9.17) is 4.55 Å². The highest BCUT2D eigenvalue weighted by Crippen LogP contribution is 2.28. The number of hydrogen-bond acceptors (Lipinski definition) is 5. The molecule has 1 N–H and O–H groups in total. The Morgan fingerprint density at radius 2 is 2.00 bits per heavy atom. The number of benzene rings is 1. The molecule has 0 aliphatic rings. The summed E-state index contributed by atoms with van der Waals surface area (Å²) in [6, 6.07) is 6.25. The lowest BCUT2D eigenvalue weighted by atomic mass is 10.3. The van der Waals surface area contributed by atoms with Crippen molar-refractivity contribution in [3.8, 4) is 0 Å². The zero-order chi connectivity index (χ0) is 12.9. The molecular formula is C9H11NO5S2. The topological polar surface area (TPSA) is 97.5 Å². The standard InChI is InChI=1S/C9H11NO5S2/c11-10(12)8-4-1-2-5-9(8)16-6-3-7-17(13,14)15/h1-2,4-5H,3,6-7H2,(H,13,14,15). The van der Waals surface area contributed by atoms with E-state index < -0.39 is 15.0 Å². The molecule has 0 unspecified atom stereocenters. The summed E-state index contributed by atoms with van der Waals surface area (Å²) in [5.41, 5.74) is 0.00403. The number of nitro groups is 1. The van der Waals surface area contributed by atoms with Gasteiger partial charge in [-0.15, -0.1) is 11.8 Å². The highest BCUT2D eigenvalue weighted by atomic mass is 32.2. The van der Waals surface area contributed by atoms with Gasteiger partial charge in [0.2, 0.25) is 0 Å². The van der Waals surface area contributed by atoms with E-state index in [0.717, 1.165) is 0 Å². The van der Waals surface area contributed by atoms with Gasteiger partial charge in [0.05, 0.1) is 15.6 Å². The first-order valence-corrected chi connectivity index (χ1v) is 7.31. The molecule has 1 aromatic rings. The summed E-state index contributed by atoms with van der Waals surface area (Å²) in [5, 5.41) is 10.7. The fourth-order valence-corrected chi connectivity index (χ4v) is 2.82. The second kappa shape index (κ2) is 5.99. The Bertz CT molecular complexity index is 500. The zero-order valence-corrected chi connectivity index (χ0v) is 10.4. The van der Waals surface area contributed by atoms with Crippen molar-refractivity contribution in [3.05, 3.63) is 34.4 Å². The lowest BCUT2D eigenvalue weighted by Crippen LogP contribution is -2.04. The molecule has 0 bridgehead atoms. The van der Waals surface area contributed by atoms with Crippen molar-refractivity contribution in [2.24, 2.45) is 0 Å². The third kappa shape index (κ3) is 5.16. The maximum absolute atomic E-state index is 10.7. The molecule has 8 heteroatoms. The van der Waals surface area contributed by atoms with Crippen LogP contribution in [0.25, 0.3) is 0 Å². The van der Waals surface area contributed by atoms with Gasteiger partial charge in [-0.3, -0.25) is 14.7 Å². The van der Waals surface area contributed by atoms with Crippen LogP contribution in [0.4, 0.5) is 5.69 Å². The first-order chi connectivity index (χ1) is 7.90. The van der Waals surface area contributed by atoms with Crippen LogP contribution in [0, 0.1) is 10.1 Å². The van der Waals surface area contributed by atoms with Crippen molar-refractivity contribution in [2.75, 3.05) is 11.5 Å². The van der Waals surface area contributed by atoms with Gasteiger partial charge in [0.25, 0.3) is 15.8 Å². The number of rotatable bonds is 6. The fraction of sp³-hybridized carbons (Fsp3) is 0.333. The molecule has 6 nitrogen and oxygen atoms in total. The van der Waals surface area contributed by atoms with Gasteiger partial charge in [-0.2, -0.15) is 8.42 Å². The quantitative estimate of drug-likeness (QED) is 0.281. The molecular weight excluding hydrogens is 266 g/mol. The van der Waals surface area contributed by atoms with Gasteiger partial charge in [-0.1, -0.05) is 12.1 Å². The molecule has 94 valence electrons. The van der Waals surface area contributed by atoms with Crippen LogP contribution < -0.4 is 0 Å². The lowest BCUT2D eigenvalue weighted by Gasteiger charge is -2.01. The Labute approximate surface area is 103 Å². The van der Waals surface area contributed by atoms with E-state index >= 15 is 0 Å². The Hall–Kier alpha value is -1.12. The molecule has 1 rings (SSSR count). The highest BCUT2D eigenvalue weighted by Gasteiger charge is 2.12. The second-order valence-corrected chi connectivity index (χ2v) is 5.92. The van der Waals surface area contributed by atoms with Crippen LogP contribution in [0.2, 0.25) is 0 Å². The summed E-state index contributed by atoms with van der Waals surface area (Å²) in [7, 11) is -3.95. The number of nitro benzene ring substituents is 1. The van der Waals surface area contributed by atoms with Gasteiger partial charge in [0.1, 0.15) is 0 Å². The van der Waals surface area contributed by atoms with E-state index in [1.54, 1.807) is 18.2 Å². The molecule has 0 amide bonds. The van der Waals surface area contributed by atoms with E-state index in [1.165, 1.54) is 17.8 Å². The molecule has 0 heterocycles. The average molecular weight is 277 g/mol. The van der Waals surface area contributed by atoms with Crippen LogP contribution in [-0.2, 0) is 10.1 Å². The molecule has 0 aromatic heterocycles. The number of thioether (sulfide) groups is 1. The summed E-state index contributed by atoms with van der Waals surface area (Å²) in [4.78, 5) is 10.7. The van der Waals surface area contributed by atoms with Crippen LogP contribution in [0.1, 0.15) is 6.42 Å². The van der Waals surface area contributed by atoms with E-state index in [-0.39, 0.29) is 17.9 Å². The summed E-state index contributed by atoms with van der Waals surface area (Å²) < 4.78 is 29.4. The van der Waals surface area contributed by atoms with Crippen molar-refractivity contribution in [3.63, 3.8) is 0 Å². The summed E-state index contributed by atoms with van der Waals surface area (Å²) >= 11 is 1.20. The average Bonchev–Trinajstić information content (AvgIpc) is 2.23. The van der Waals surface area contributed by atoms with E-state index in [0.29, 0.717) is 10.6 Å². The molecule has 0 aliphatic heterocycles. The van der Waals surface area contributed by atoms with Crippen molar-refractivity contribution < 1.29 is 17.9 Å². The van der Waals surface area contributed by atoms with Crippen molar-refractivity contribution in [2.45, 2.75) is 11.3 Å². The zero-order valence-electron chi connectivity index (χ0n) is 8.77. The first-order valence-electron chi connectivity index (χ1n) is 4.71. The molecule has 0 atom stereocenters. The van der Waals surface area contributed by atoms with Crippen molar-refractivity contribution in [1.82, 2.24) is 0 Å². The minimum Gasteiger partial charge on any atom is -0.286 e. The van der Waals surface area contributed by atoms with Gasteiger partial charge in [-0.25, -0.2) is 0 Å². The van der Waals surface area contributed by atoms with Gasteiger partial charge < -0.3 is 0 Å². The minimum atomic E-state index is -3.95.